The van der Waals surface area contributed by atoms with Crippen LogP contribution in [0.15, 0.2) is 60.5 Å². The molecule has 7 heteroatoms. The van der Waals surface area contributed by atoms with Crippen molar-refractivity contribution in [3.05, 3.63) is 77.1 Å². The van der Waals surface area contributed by atoms with E-state index in [1.54, 1.807) is 12.3 Å². The van der Waals surface area contributed by atoms with Crippen LogP contribution in [0.4, 0.5) is 4.79 Å². The van der Waals surface area contributed by atoms with Gasteiger partial charge in [-0.05, 0) is 102 Å². The van der Waals surface area contributed by atoms with Crippen LogP contribution in [0.2, 0.25) is 0 Å². The number of hydrogen-bond acceptors (Lipinski definition) is 5. The van der Waals surface area contributed by atoms with Crippen LogP contribution in [-0.4, -0.2) is 48.8 Å². The van der Waals surface area contributed by atoms with Gasteiger partial charge >= 0.3 is 6.09 Å². The van der Waals surface area contributed by atoms with E-state index in [2.05, 4.69) is 81.4 Å². The molecule has 0 radical (unpaired) electrons. The maximum atomic E-state index is 13.0. The monoisotopic (exact) mass is 571 g/mol. The summed E-state index contributed by atoms with van der Waals surface area (Å²) in [7, 11) is 4.15. The topological polar surface area (TPSA) is 75.8 Å². The zero-order valence-corrected chi connectivity index (χ0v) is 25.9. The molecule has 42 heavy (non-hydrogen) atoms. The van der Waals surface area contributed by atoms with Gasteiger partial charge in [0.1, 0.15) is 29.5 Å². The molecule has 5 rings (SSSR count). The molecular formula is C35H45N3O4. The zero-order chi connectivity index (χ0) is 29.9. The Bertz CT molecular complexity index is 1480. The number of H-pyrrole nitrogens is 1. The molecule has 2 N–H and O–H groups in total. The molecule has 0 bridgehead atoms. The maximum absolute atomic E-state index is 13.0. The number of rotatable bonds is 10. The average molecular weight is 572 g/mol. The number of aromatic nitrogens is 1. The summed E-state index contributed by atoms with van der Waals surface area (Å²) in [6.07, 6.45) is 12.2. The van der Waals surface area contributed by atoms with Gasteiger partial charge in [-0.3, -0.25) is 5.32 Å². The predicted octanol–water partition coefficient (Wildman–Crippen LogP) is 7.52. The number of benzene rings is 2. The van der Waals surface area contributed by atoms with Crippen LogP contribution in [0.5, 0.6) is 17.2 Å². The summed E-state index contributed by atoms with van der Waals surface area (Å²) < 4.78 is 18.6. The van der Waals surface area contributed by atoms with E-state index in [-0.39, 0.29) is 11.5 Å². The third kappa shape index (κ3) is 6.51. The lowest BCUT2D eigenvalue weighted by Gasteiger charge is -2.46. The Morgan fingerprint density at radius 3 is 2.83 bits per heavy atom. The van der Waals surface area contributed by atoms with Crippen molar-refractivity contribution in [2.75, 3.05) is 27.2 Å². The molecule has 1 aliphatic carbocycles. The highest BCUT2D eigenvalue weighted by Crippen LogP contribution is 2.53. The molecule has 1 amide bonds. The first-order valence-electron chi connectivity index (χ1n) is 15.2. The number of aromatic amines is 1. The molecule has 224 valence electrons. The summed E-state index contributed by atoms with van der Waals surface area (Å²) >= 11 is 0. The van der Waals surface area contributed by atoms with Crippen LogP contribution in [0.25, 0.3) is 10.9 Å². The Labute approximate surface area is 249 Å². The highest BCUT2D eigenvalue weighted by molar-refractivity contribution is 5.89. The standard InChI is InChI=1S/C35H45N3O4/c1-7-10-24-20-30(33-26-19-23(2)13-14-27(26)35(3,4)42-31(33)21-24)41-34(39)36-16-9-18-40-29-12-8-11-28-32(29)25(22-37-28)15-17-38(5)6/h8-9,11-12,16,19-22,26-27,37H,7,10,13-15,17-18H2,1-6H3,(H,36,39)/b16-9+. The van der Waals surface area contributed by atoms with Crippen molar-refractivity contribution in [3.8, 4) is 17.2 Å². The van der Waals surface area contributed by atoms with Crippen LogP contribution in [-0.2, 0) is 12.8 Å². The van der Waals surface area contributed by atoms with E-state index in [0.29, 0.717) is 18.3 Å². The molecular weight excluding hydrogens is 526 g/mol. The summed E-state index contributed by atoms with van der Waals surface area (Å²) in [5, 5.41) is 3.86. The second-order valence-electron chi connectivity index (χ2n) is 12.4. The van der Waals surface area contributed by atoms with Gasteiger partial charge < -0.3 is 24.1 Å². The number of carbonyl (C=O) groups is 1. The van der Waals surface area contributed by atoms with Gasteiger partial charge in [0, 0.05) is 47.2 Å². The number of nitrogens with one attached hydrogen (secondary N) is 2. The Morgan fingerprint density at radius 2 is 2.05 bits per heavy atom. The fraction of sp³-hybridized carbons (Fsp3) is 0.457. The average Bonchev–Trinajstić information content (AvgIpc) is 3.35. The Kier molecular flexibility index (Phi) is 8.97. The zero-order valence-electron chi connectivity index (χ0n) is 25.9. The van der Waals surface area contributed by atoms with E-state index >= 15 is 0 Å². The number of carbonyl (C=O) groups excluding carboxylic acids is 1. The lowest BCUT2D eigenvalue weighted by Crippen LogP contribution is -2.45. The maximum Gasteiger partial charge on any atom is 0.416 e. The minimum absolute atomic E-state index is 0.152. The van der Waals surface area contributed by atoms with E-state index in [1.165, 1.54) is 11.1 Å². The van der Waals surface area contributed by atoms with E-state index in [0.717, 1.165) is 72.2 Å². The smallest absolute Gasteiger partial charge is 0.416 e. The molecule has 1 aromatic heterocycles. The summed E-state index contributed by atoms with van der Waals surface area (Å²) in [5.41, 5.74) is 5.45. The van der Waals surface area contributed by atoms with Crippen molar-refractivity contribution in [2.24, 2.45) is 5.92 Å². The van der Waals surface area contributed by atoms with Gasteiger partial charge in [0.2, 0.25) is 0 Å². The number of fused-ring (bicyclic) bond motifs is 4. The number of likely N-dealkylation sites (N-methyl/N-ethyl adjacent to an activating group) is 1. The van der Waals surface area contributed by atoms with Crippen LogP contribution < -0.4 is 19.5 Å². The van der Waals surface area contributed by atoms with Crippen LogP contribution in [0.1, 0.15) is 69.6 Å². The molecule has 3 aromatic rings. The number of aryl methyl sites for hydroxylation is 1. The van der Waals surface area contributed by atoms with Gasteiger partial charge in [0.15, 0.2) is 0 Å². The number of nitrogens with zero attached hydrogens (tertiary/aromatic N) is 1. The van der Waals surface area contributed by atoms with E-state index in [9.17, 15) is 4.79 Å². The fourth-order valence-corrected chi connectivity index (χ4v) is 6.40. The largest absolute Gasteiger partial charge is 0.489 e. The number of hydrogen-bond donors (Lipinski definition) is 2. The fourth-order valence-electron chi connectivity index (χ4n) is 6.40. The van der Waals surface area contributed by atoms with Gasteiger partial charge in [0.05, 0.1) is 0 Å². The molecule has 0 spiro atoms. The van der Waals surface area contributed by atoms with Gasteiger partial charge in [-0.2, -0.15) is 0 Å². The van der Waals surface area contributed by atoms with Gasteiger partial charge in [-0.1, -0.05) is 31.1 Å². The van der Waals surface area contributed by atoms with Gasteiger partial charge in [-0.15, -0.1) is 0 Å². The Morgan fingerprint density at radius 1 is 1.21 bits per heavy atom. The van der Waals surface area contributed by atoms with E-state index in [4.69, 9.17) is 14.2 Å². The Hall–Kier alpha value is -3.71. The Balaban J connectivity index is 1.27. The molecule has 2 heterocycles. The van der Waals surface area contributed by atoms with Crippen LogP contribution in [0.3, 0.4) is 0 Å². The van der Waals surface area contributed by atoms with Gasteiger partial charge in [0.25, 0.3) is 0 Å². The summed E-state index contributed by atoms with van der Waals surface area (Å²) in [6, 6.07) is 10.2. The third-order valence-corrected chi connectivity index (χ3v) is 8.48. The van der Waals surface area contributed by atoms with Crippen molar-refractivity contribution in [3.63, 3.8) is 0 Å². The lowest BCUT2D eigenvalue weighted by atomic mass is 9.68. The van der Waals surface area contributed by atoms with Crippen molar-refractivity contribution >= 4 is 17.0 Å². The van der Waals surface area contributed by atoms with Crippen molar-refractivity contribution in [1.29, 1.82) is 0 Å². The third-order valence-electron chi connectivity index (χ3n) is 8.48. The normalized spacial score (nSPS) is 19.3. The summed E-state index contributed by atoms with van der Waals surface area (Å²) in [6.45, 7) is 9.96. The molecule has 2 aliphatic rings. The molecule has 0 saturated heterocycles. The minimum atomic E-state index is -0.529. The number of ether oxygens (including phenoxy) is 3. The summed E-state index contributed by atoms with van der Waals surface area (Å²) in [5.74, 6) is 2.70. The first-order valence-corrected chi connectivity index (χ1v) is 15.2. The highest BCUT2D eigenvalue weighted by atomic mass is 16.6. The van der Waals surface area contributed by atoms with Crippen molar-refractivity contribution in [2.45, 2.75) is 71.3 Å². The summed E-state index contributed by atoms with van der Waals surface area (Å²) in [4.78, 5) is 18.5. The molecule has 2 aromatic carbocycles. The van der Waals surface area contributed by atoms with E-state index < -0.39 is 6.09 Å². The second-order valence-corrected chi connectivity index (χ2v) is 12.4. The van der Waals surface area contributed by atoms with Crippen molar-refractivity contribution in [1.82, 2.24) is 15.2 Å². The van der Waals surface area contributed by atoms with Crippen LogP contribution >= 0.6 is 0 Å². The minimum Gasteiger partial charge on any atom is -0.489 e. The highest BCUT2D eigenvalue weighted by Gasteiger charge is 2.45. The SMILES string of the molecule is CCCc1cc(OC(=O)N/C=C/COc2cccc3[nH]cc(CCN(C)C)c23)c2c(c1)OC(C)(C)C1CCC(C)=CC21. The predicted molar refractivity (Wildman–Crippen MR) is 169 cm³/mol. The molecule has 0 saturated carbocycles. The molecule has 0 fully saturated rings. The first kappa shape index (κ1) is 29.8. The van der Waals surface area contributed by atoms with E-state index in [1.807, 2.05) is 18.2 Å². The molecule has 2 atom stereocenters. The molecule has 7 nitrogen and oxygen atoms in total. The van der Waals surface area contributed by atoms with Gasteiger partial charge in [-0.25, -0.2) is 4.79 Å². The quantitative estimate of drug-likeness (QED) is 0.246. The second kappa shape index (κ2) is 12.7. The molecule has 1 aliphatic heterocycles. The van der Waals surface area contributed by atoms with Crippen LogP contribution in [0, 0.1) is 5.92 Å². The number of allylic oxidation sites excluding steroid dienone is 2. The first-order chi connectivity index (χ1) is 20.2. The van der Waals surface area contributed by atoms with Crippen molar-refractivity contribution < 1.29 is 19.0 Å². The number of amides is 1. The lowest BCUT2D eigenvalue weighted by molar-refractivity contribution is 0.0108. The molecule has 2 unspecified atom stereocenters.